The molecule has 126 valence electrons. The van der Waals surface area contributed by atoms with Gasteiger partial charge < -0.3 is 4.55 Å². The molecule has 0 heterocycles. The Labute approximate surface area is 167 Å². The minimum absolute atomic E-state index is 0. The summed E-state index contributed by atoms with van der Waals surface area (Å²) in [7, 11) is -4.42. The van der Waals surface area contributed by atoms with Crippen LogP contribution in [0.3, 0.4) is 0 Å². The first-order valence-electron chi connectivity index (χ1n) is 8.50. The zero-order chi connectivity index (χ0) is 16.7. The monoisotopic (exact) mass is 356 g/mol. The van der Waals surface area contributed by atoms with Crippen LogP contribution in [-0.4, -0.2) is 13.0 Å². The molecule has 2 aromatic carbocycles. The molecule has 0 bridgehead atoms. The first-order chi connectivity index (χ1) is 11.0. The molecule has 0 spiro atoms. The van der Waals surface area contributed by atoms with Crippen molar-refractivity contribution in [3.63, 3.8) is 0 Å². The second kappa shape index (κ2) is 10.6. The fourth-order valence-electron chi connectivity index (χ4n) is 2.96. The molecule has 0 amide bonds. The van der Waals surface area contributed by atoms with Gasteiger partial charge in [0.1, 0.15) is 10.1 Å². The molecule has 0 aliphatic heterocycles. The van der Waals surface area contributed by atoms with E-state index < -0.39 is 10.1 Å². The van der Waals surface area contributed by atoms with Gasteiger partial charge in [0.15, 0.2) is 0 Å². The van der Waals surface area contributed by atoms with Gasteiger partial charge in [0.05, 0.1) is 4.90 Å². The molecule has 0 N–H and O–H groups in total. The molecule has 0 atom stereocenters. The smallest absolute Gasteiger partial charge is 0.744 e. The van der Waals surface area contributed by atoms with Crippen molar-refractivity contribution in [2.45, 2.75) is 63.2 Å². The third-order valence-electron chi connectivity index (χ3n) is 4.24. The normalized spacial score (nSPS) is 11.4. The molecule has 0 fully saturated rings. The van der Waals surface area contributed by atoms with Crippen LogP contribution in [0.1, 0.15) is 57.4 Å². The van der Waals surface area contributed by atoms with Crippen LogP contribution in [0.5, 0.6) is 0 Å². The Kier molecular flexibility index (Phi) is 9.53. The van der Waals surface area contributed by atoms with Crippen molar-refractivity contribution in [3.05, 3.63) is 42.0 Å². The van der Waals surface area contributed by atoms with Crippen LogP contribution >= 0.6 is 0 Å². The number of hydrogen-bond donors (Lipinski definition) is 0. The summed E-state index contributed by atoms with van der Waals surface area (Å²) in [5.41, 5.74) is 1.20. The molecule has 0 aliphatic carbocycles. The van der Waals surface area contributed by atoms with Crippen LogP contribution in [0.2, 0.25) is 0 Å². The summed E-state index contributed by atoms with van der Waals surface area (Å²) in [4.78, 5) is -0.127. The van der Waals surface area contributed by atoms with E-state index in [2.05, 4.69) is 6.92 Å². The van der Waals surface area contributed by atoms with Crippen LogP contribution in [0.4, 0.5) is 0 Å². The van der Waals surface area contributed by atoms with E-state index in [0.717, 1.165) is 18.2 Å². The topological polar surface area (TPSA) is 57.2 Å². The number of unbranched alkanes of at least 4 members (excludes halogenated alkanes) is 6. The van der Waals surface area contributed by atoms with Gasteiger partial charge in [-0.05, 0) is 35.2 Å². The Hall–Kier alpha value is -0.390. The molecule has 5 heteroatoms. The van der Waals surface area contributed by atoms with Gasteiger partial charge in [-0.25, -0.2) is 8.42 Å². The maximum atomic E-state index is 11.3. The predicted molar refractivity (Wildman–Crippen MR) is 93.6 cm³/mol. The molecule has 24 heavy (non-hydrogen) atoms. The van der Waals surface area contributed by atoms with Gasteiger partial charge >= 0.3 is 29.6 Å². The van der Waals surface area contributed by atoms with Crippen LogP contribution in [-0.2, 0) is 16.5 Å². The van der Waals surface area contributed by atoms with Crippen molar-refractivity contribution in [1.82, 2.24) is 0 Å². The summed E-state index contributed by atoms with van der Waals surface area (Å²) in [5, 5.41) is 1.34. The Morgan fingerprint density at radius 2 is 1.58 bits per heavy atom. The van der Waals surface area contributed by atoms with Crippen LogP contribution in [0.25, 0.3) is 10.8 Å². The van der Waals surface area contributed by atoms with Crippen molar-refractivity contribution in [1.29, 1.82) is 0 Å². The first kappa shape index (κ1) is 21.7. The molecule has 2 aromatic rings. The van der Waals surface area contributed by atoms with Crippen LogP contribution < -0.4 is 29.6 Å². The van der Waals surface area contributed by atoms with Crippen molar-refractivity contribution in [2.24, 2.45) is 0 Å². The third kappa shape index (κ3) is 6.49. The van der Waals surface area contributed by atoms with Gasteiger partial charge in [-0.3, -0.25) is 0 Å². The molecule has 3 nitrogen and oxygen atoms in total. The molecule has 0 saturated carbocycles. The average molecular weight is 356 g/mol. The Bertz CT molecular complexity index is 741. The third-order valence-corrected chi connectivity index (χ3v) is 5.14. The minimum atomic E-state index is -4.42. The van der Waals surface area contributed by atoms with Crippen LogP contribution in [0.15, 0.2) is 41.3 Å². The average Bonchev–Trinajstić information content (AvgIpc) is 2.52. The van der Waals surface area contributed by atoms with E-state index in [1.54, 1.807) is 12.1 Å². The quantitative estimate of drug-likeness (QED) is 0.392. The summed E-state index contributed by atoms with van der Waals surface area (Å²) in [6, 6.07) is 10.6. The summed E-state index contributed by atoms with van der Waals surface area (Å²) in [6.45, 7) is 2.23. The van der Waals surface area contributed by atoms with Gasteiger partial charge in [0.2, 0.25) is 0 Å². The zero-order valence-electron chi connectivity index (χ0n) is 14.8. The van der Waals surface area contributed by atoms with Crippen molar-refractivity contribution in [3.8, 4) is 0 Å². The number of aryl methyl sites for hydroxylation is 1. The Morgan fingerprint density at radius 1 is 0.917 bits per heavy atom. The van der Waals surface area contributed by atoms with E-state index in [4.69, 9.17) is 0 Å². The van der Waals surface area contributed by atoms with E-state index in [9.17, 15) is 13.0 Å². The molecular formula is C19H25NaO3S. The van der Waals surface area contributed by atoms with E-state index in [0.29, 0.717) is 5.39 Å². The largest absolute Gasteiger partial charge is 1.00 e. The second-order valence-electron chi connectivity index (χ2n) is 6.14. The molecule has 2 rings (SSSR count). The van der Waals surface area contributed by atoms with Crippen molar-refractivity contribution >= 4 is 20.9 Å². The van der Waals surface area contributed by atoms with E-state index in [-0.39, 0.29) is 34.5 Å². The van der Waals surface area contributed by atoms with Crippen molar-refractivity contribution < 1.29 is 42.5 Å². The van der Waals surface area contributed by atoms with E-state index >= 15 is 0 Å². The molecule has 0 aliphatic rings. The molecule has 0 aromatic heterocycles. The van der Waals surface area contributed by atoms with Crippen LogP contribution in [0, 0.1) is 0 Å². The Morgan fingerprint density at radius 3 is 2.25 bits per heavy atom. The van der Waals surface area contributed by atoms with E-state index in [1.165, 1.54) is 50.2 Å². The summed E-state index contributed by atoms with van der Waals surface area (Å²) >= 11 is 0. The maximum absolute atomic E-state index is 11.3. The van der Waals surface area contributed by atoms with Gasteiger partial charge in [0, 0.05) is 0 Å². The predicted octanol–water partition coefficient (Wildman–Crippen LogP) is 2.04. The number of hydrogen-bond acceptors (Lipinski definition) is 3. The van der Waals surface area contributed by atoms with Gasteiger partial charge in [-0.15, -0.1) is 0 Å². The van der Waals surface area contributed by atoms with E-state index in [1.807, 2.05) is 18.2 Å². The summed E-state index contributed by atoms with van der Waals surface area (Å²) in [5.74, 6) is 0. The molecule has 0 unspecified atom stereocenters. The maximum Gasteiger partial charge on any atom is 1.00 e. The van der Waals surface area contributed by atoms with Gasteiger partial charge in [0.25, 0.3) is 0 Å². The Balaban J connectivity index is 0.00000288. The first-order valence-corrected chi connectivity index (χ1v) is 9.91. The standard InChI is InChI=1S/C19H26O3S.Na/c1-2-3-4-5-6-7-8-10-16-13-14-18-17(15-16)11-9-12-19(18)23(20,21)22;/h9,11-15H,2-8,10H2,1H3,(H,20,21,22);/q;+1/p-1. The minimum Gasteiger partial charge on any atom is -0.744 e. The molecule has 0 radical (unpaired) electrons. The second-order valence-corrected chi connectivity index (χ2v) is 7.49. The molecular weight excluding hydrogens is 331 g/mol. The zero-order valence-corrected chi connectivity index (χ0v) is 17.6. The molecule has 0 saturated heterocycles. The van der Waals surface area contributed by atoms with Crippen molar-refractivity contribution in [2.75, 3.05) is 0 Å². The fraction of sp³-hybridized carbons (Fsp3) is 0.474. The SMILES string of the molecule is CCCCCCCCCc1ccc2c(S(=O)(=O)[O-])cccc2c1.[Na+]. The number of fused-ring (bicyclic) bond motifs is 1. The number of rotatable bonds is 9. The number of benzene rings is 2. The summed E-state index contributed by atoms with van der Waals surface area (Å²) in [6.07, 6.45) is 9.92. The van der Waals surface area contributed by atoms with Gasteiger partial charge in [-0.2, -0.15) is 0 Å². The van der Waals surface area contributed by atoms with Gasteiger partial charge in [-0.1, -0.05) is 75.8 Å². The fourth-order valence-corrected chi connectivity index (χ4v) is 3.66. The summed E-state index contributed by atoms with van der Waals surface area (Å²) < 4.78 is 33.9.